The van der Waals surface area contributed by atoms with Crippen LogP contribution >= 0.6 is 0 Å². The second kappa shape index (κ2) is 12.5. The first-order valence-electron chi connectivity index (χ1n) is 11.1. The zero-order chi connectivity index (χ0) is 27.0. The van der Waals surface area contributed by atoms with Crippen LogP contribution in [0.25, 0.3) is 0 Å². The van der Waals surface area contributed by atoms with E-state index in [0.29, 0.717) is 43.8 Å². The molecule has 0 radical (unpaired) electrons. The van der Waals surface area contributed by atoms with Gasteiger partial charge in [0.05, 0.1) is 26.9 Å². The monoisotopic (exact) mass is 539 g/mol. The first-order valence-corrected chi connectivity index (χ1v) is 12.5. The van der Waals surface area contributed by atoms with Crippen molar-refractivity contribution in [1.82, 2.24) is 15.1 Å². The van der Waals surface area contributed by atoms with Crippen molar-refractivity contribution >= 4 is 21.9 Å². The summed E-state index contributed by atoms with van der Waals surface area (Å²) < 4.78 is 56.4. The smallest absolute Gasteiger partial charge is 0.299 e. The molecule has 3 heterocycles. The summed E-state index contributed by atoms with van der Waals surface area (Å²) in [6.45, 7) is 5.26. The molecule has 0 atom stereocenters. The Morgan fingerprint density at radius 1 is 1.14 bits per heavy atom. The molecule has 202 valence electrons. The van der Waals surface area contributed by atoms with Gasteiger partial charge in [0, 0.05) is 13.1 Å². The van der Waals surface area contributed by atoms with Gasteiger partial charge in [-0.1, -0.05) is 17.3 Å². The normalized spacial score (nSPS) is 13.5. The van der Waals surface area contributed by atoms with Crippen LogP contribution < -0.4 is 24.8 Å². The van der Waals surface area contributed by atoms with Gasteiger partial charge in [0.1, 0.15) is 12.3 Å². The lowest BCUT2D eigenvalue weighted by Gasteiger charge is -2.27. The minimum atomic E-state index is -4.18. The second-order valence-corrected chi connectivity index (χ2v) is 8.95. The van der Waals surface area contributed by atoms with Gasteiger partial charge in [0.2, 0.25) is 11.7 Å². The number of methoxy groups -OCH3 is 1. The number of nitrogens with zero attached hydrogens (tertiary/aromatic N) is 4. The number of aromatic nitrogens is 3. The predicted octanol–water partition coefficient (Wildman–Crippen LogP) is 1.61. The lowest BCUT2D eigenvalue weighted by Crippen LogP contribution is -2.37. The van der Waals surface area contributed by atoms with Crippen molar-refractivity contribution < 1.29 is 41.5 Å². The number of morpholine rings is 1. The summed E-state index contributed by atoms with van der Waals surface area (Å²) in [5, 5.41) is 12.5. The molecule has 14 nitrogen and oxygen atoms in total. The minimum absolute atomic E-state index is 0.0568. The van der Waals surface area contributed by atoms with Crippen molar-refractivity contribution in [2.75, 3.05) is 57.3 Å². The highest BCUT2D eigenvalue weighted by Crippen LogP contribution is 2.39. The van der Waals surface area contributed by atoms with E-state index in [0.717, 1.165) is 0 Å². The summed E-state index contributed by atoms with van der Waals surface area (Å²) in [5.74, 6) is 2.02. The number of aliphatic hydroxyl groups is 1. The van der Waals surface area contributed by atoms with E-state index in [9.17, 15) is 8.42 Å². The third kappa shape index (κ3) is 7.19. The van der Waals surface area contributed by atoms with Gasteiger partial charge in [-0.25, -0.2) is 0 Å². The van der Waals surface area contributed by atoms with Gasteiger partial charge in [-0.15, -0.1) is 0 Å². The van der Waals surface area contributed by atoms with Crippen molar-refractivity contribution in [3.8, 4) is 23.1 Å². The Kier molecular flexibility index (Phi) is 9.46. The second-order valence-electron chi connectivity index (χ2n) is 7.60. The van der Waals surface area contributed by atoms with E-state index in [4.69, 9.17) is 34.3 Å². The molecule has 0 saturated carbocycles. The number of aryl methyl sites for hydroxylation is 2. The molecule has 0 spiro atoms. The van der Waals surface area contributed by atoms with Crippen LogP contribution in [0.15, 0.2) is 33.7 Å². The number of aliphatic hydroxyl groups excluding tert-OH is 1. The topological polar surface area (TPSA) is 193 Å². The Hall–Kier alpha value is -3.66. The summed E-state index contributed by atoms with van der Waals surface area (Å²) in [6, 6.07) is 7.15. The molecule has 0 bridgehead atoms. The van der Waals surface area contributed by atoms with E-state index in [2.05, 4.69) is 19.6 Å². The third-order valence-electron chi connectivity index (χ3n) is 4.98. The number of anilines is 2. The fourth-order valence-electron chi connectivity index (χ4n) is 3.33. The first-order chi connectivity index (χ1) is 17.7. The van der Waals surface area contributed by atoms with Crippen LogP contribution in [0.5, 0.6) is 23.1 Å². The van der Waals surface area contributed by atoms with Crippen molar-refractivity contribution in [3.63, 3.8) is 0 Å². The molecule has 3 aromatic rings. The highest BCUT2D eigenvalue weighted by molar-refractivity contribution is 7.86. The molecule has 0 aliphatic carbocycles. The number of hydrogen-bond acceptors (Lipinski definition) is 13. The summed E-state index contributed by atoms with van der Waals surface area (Å²) in [6.07, 6.45) is 0. The van der Waals surface area contributed by atoms with Gasteiger partial charge in [0.25, 0.3) is 16.0 Å². The maximum Gasteiger partial charge on any atom is 0.299 e. The van der Waals surface area contributed by atoms with Crippen molar-refractivity contribution in [2.24, 2.45) is 0 Å². The molecular formula is C22H29N5O9S. The Morgan fingerprint density at radius 2 is 1.81 bits per heavy atom. The van der Waals surface area contributed by atoms with Gasteiger partial charge < -0.3 is 39.2 Å². The van der Waals surface area contributed by atoms with Crippen LogP contribution in [0.1, 0.15) is 11.5 Å². The molecular weight excluding hydrogens is 510 g/mol. The standard InChI is InChI=1S/C17H22N4O5.C5H7NO4S/c1-23-12-4-2-3-5-13(12)26-14-15(18)19-17(20-16(14)25-11-8-22)21-6-9-24-10-7-21;1-3-5(11(7,8)9)4(2)10-6-3/h2-5,22H,6-11H2,1H3,(H2,18,19,20);1-2H3,(H,7,8,9). The number of nitrogens with two attached hydrogens (primary N) is 1. The van der Waals surface area contributed by atoms with Crippen LogP contribution in [-0.2, 0) is 14.9 Å². The summed E-state index contributed by atoms with van der Waals surface area (Å²) >= 11 is 0. The lowest BCUT2D eigenvalue weighted by atomic mass is 10.3. The number of ether oxygens (including phenoxy) is 4. The van der Waals surface area contributed by atoms with Gasteiger partial charge in [-0.05, 0) is 26.0 Å². The number of hydrogen-bond donors (Lipinski definition) is 3. The minimum Gasteiger partial charge on any atom is -0.493 e. The van der Waals surface area contributed by atoms with E-state index in [1.807, 2.05) is 17.0 Å². The molecule has 4 N–H and O–H groups in total. The highest BCUT2D eigenvalue weighted by Gasteiger charge is 2.23. The fraction of sp³-hybridized carbons (Fsp3) is 0.409. The molecule has 1 fully saturated rings. The van der Waals surface area contributed by atoms with Gasteiger partial charge in [-0.3, -0.25) is 4.55 Å². The molecule has 2 aromatic heterocycles. The number of para-hydroxylation sites is 2. The van der Waals surface area contributed by atoms with Gasteiger partial charge in [-0.2, -0.15) is 18.4 Å². The molecule has 1 saturated heterocycles. The van der Waals surface area contributed by atoms with Crippen molar-refractivity contribution in [2.45, 2.75) is 18.7 Å². The Morgan fingerprint density at radius 3 is 2.35 bits per heavy atom. The van der Waals surface area contributed by atoms with Crippen LogP contribution in [0.3, 0.4) is 0 Å². The highest BCUT2D eigenvalue weighted by atomic mass is 32.2. The van der Waals surface area contributed by atoms with E-state index in [1.165, 1.54) is 13.8 Å². The fourth-order valence-corrected chi connectivity index (χ4v) is 4.14. The largest absolute Gasteiger partial charge is 0.493 e. The van der Waals surface area contributed by atoms with Crippen LogP contribution in [0, 0.1) is 13.8 Å². The first kappa shape index (κ1) is 27.9. The van der Waals surface area contributed by atoms with E-state index < -0.39 is 10.1 Å². The van der Waals surface area contributed by atoms with Crippen LogP contribution in [0.4, 0.5) is 11.8 Å². The maximum absolute atomic E-state index is 10.6. The molecule has 37 heavy (non-hydrogen) atoms. The van der Waals surface area contributed by atoms with Crippen LogP contribution in [-0.4, -0.2) is 79.8 Å². The Balaban J connectivity index is 0.000000289. The molecule has 15 heteroatoms. The lowest BCUT2D eigenvalue weighted by molar-refractivity contribution is 0.122. The average Bonchev–Trinajstić information content (AvgIpc) is 3.23. The molecule has 0 unspecified atom stereocenters. The molecule has 4 rings (SSSR count). The zero-order valence-corrected chi connectivity index (χ0v) is 21.4. The number of benzene rings is 1. The van der Waals surface area contributed by atoms with Gasteiger partial charge >= 0.3 is 0 Å². The third-order valence-corrected chi connectivity index (χ3v) is 6.08. The maximum atomic E-state index is 10.6. The Labute approximate surface area is 213 Å². The summed E-state index contributed by atoms with van der Waals surface area (Å²) in [4.78, 5) is 10.5. The van der Waals surface area contributed by atoms with E-state index >= 15 is 0 Å². The number of rotatable bonds is 8. The van der Waals surface area contributed by atoms with Crippen molar-refractivity contribution in [1.29, 1.82) is 0 Å². The summed E-state index contributed by atoms with van der Waals surface area (Å²) in [7, 11) is -2.63. The van der Waals surface area contributed by atoms with E-state index in [1.54, 1.807) is 19.2 Å². The van der Waals surface area contributed by atoms with E-state index in [-0.39, 0.29) is 47.0 Å². The average molecular weight is 540 g/mol. The van der Waals surface area contributed by atoms with Crippen LogP contribution in [0.2, 0.25) is 0 Å². The predicted molar refractivity (Wildman–Crippen MR) is 131 cm³/mol. The zero-order valence-electron chi connectivity index (χ0n) is 20.6. The quantitative estimate of drug-likeness (QED) is 0.349. The Bertz CT molecular complexity index is 1270. The van der Waals surface area contributed by atoms with Gasteiger partial charge in [0.15, 0.2) is 28.0 Å². The summed E-state index contributed by atoms with van der Waals surface area (Å²) in [5.41, 5.74) is 6.29. The SMILES string of the molecule is COc1ccccc1Oc1c(N)nc(N2CCOCC2)nc1OCCO.Cc1noc(C)c1S(=O)(=O)O. The molecule has 1 aliphatic rings. The molecule has 0 amide bonds. The van der Waals surface area contributed by atoms with Crippen molar-refractivity contribution in [3.05, 3.63) is 35.7 Å². The number of nitrogen functional groups attached to an aromatic ring is 1. The molecule has 1 aromatic carbocycles. The molecule has 1 aliphatic heterocycles.